The molecule has 0 spiro atoms. The van der Waals surface area contributed by atoms with Crippen LogP contribution in [0.2, 0.25) is 10.0 Å². The molecule has 1 aromatic heterocycles. The van der Waals surface area contributed by atoms with Crippen molar-refractivity contribution in [2.75, 3.05) is 13.2 Å². The van der Waals surface area contributed by atoms with Crippen molar-refractivity contribution in [2.24, 2.45) is 4.99 Å². The van der Waals surface area contributed by atoms with Gasteiger partial charge in [0.15, 0.2) is 16.3 Å². The first-order chi connectivity index (χ1) is 20.3. The van der Waals surface area contributed by atoms with Gasteiger partial charge in [0.25, 0.3) is 5.56 Å². The molecule has 0 radical (unpaired) electrons. The van der Waals surface area contributed by atoms with Crippen LogP contribution in [-0.4, -0.2) is 23.8 Å². The number of halogens is 2. The largest absolute Gasteiger partial charge is 0.490 e. The van der Waals surface area contributed by atoms with E-state index in [0.717, 1.165) is 11.1 Å². The molecule has 0 saturated heterocycles. The van der Waals surface area contributed by atoms with Crippen molar-refractivity contribution in [1.82, 2.24) is 4.57 Å². The molecule has 0 aliphatic carbocycles. The summed E-state index contributed by atoms with van der Waals surface area (Å²) in [5.41, 5.74) is 2.67. The lowest BCUT2D eigenvalue weighted by molar-refractivity contribution is -0.139. The van der Waals surface area contributed by atoms with Crippen LogP contribution in [0, 0.1) is 0 Å². The van der Waals surface area contributed by atoms with E-state index >= 15 is 0 Å². The van der Waals surface area contributed by atoms with Gasteiger partial charge in [-0.25, -0.2) is 9.79 Å². The molecular formula is C32H28Cl2N2O5S. The fourth-order valence-corrected chi connectivity index (χ4v) is 6.18. The Morgan fingerprint density at radius 2 is 1.71 bits per heavy atom. The first-order valence-corrected chi connectivity index (χ1v) is 15.0. The van der Waals surface area contributed by atoms with E-state index in [4.69, 9.17) is 37.4 Å². The van der Waals surface area contributed by atoms with Crippen molar-refractivity contribution >= 4 is 46.6 Å². The summed E-state index contributed by atoms with van der Waals surface area (Å²) in [7, 11) is 0. The highest BCUT2D eigenvalue weighted by Crippen LogP contribution is 2.35. The molecule has 0 N–H and O–H groups in total. The van der Waals surface area contributed by atoms with E-state index in [1.54, 1.807) is 44.2 Å². The van der Waals surface area contributed by atoms with Crippen molar-refractivity contribution in [3.05, 3.63) is 124 Å². The fraction of sp³-hybridized carbons (Fsp3) is 0.219. The number of carbonyl (C=O) groups is 1. The molecule has 1 aliphatic rings. The number of benzene rings is 3. The van der Waals surface area contributed by atoms with E-state index in [-0.39, 0.29) is 24.3 Å². The molecule has 0 fully saturated rings. The second-order valence-corrected chi connectivity index (χ2v) is 11.2. The maximum absolute atomic E-state index is 13.9. The molecular weight excluding hydrogens is 595 g/mol. The SMILES string of the molecule is CCOC(=O)C1=C(C)N=c2sc(=Cc3ccc(OCc4ccccc4Cl)c(OCC)c3)c(=O)n2C1c1ccccc1Cl. The van der Waals surface area contributed by atoms with Crippen molar-refractivity contribution in [3.63, 3.8) is 0 Å². The predicted octanol–water partition coefficient (Wildman–Crippen LogP) is 6.08. The van der Waals surface area contributed by atoms with Crippen LogP contribution in [0.15, 0.2) is 87.8 Å². The number of allylic oxidation sites excluding steroid dienone is 1. The first kappa shape index (κ1) is 29.6. The predicted molar refractivity (Wildman–Crippen MR) is 165 cm³/mol. The minimum atomic E-state index is -0.782. The first-order valence-electron chi connectivity index (χ1n) is 13.4. The monoisotopic (exact) mass is 622 g/mol. The van der Waals surface area contributed by atoms with Crippen molar-refractivity contribution < 1.29 is 19.0 Å². The van der Waals surface area contributed by atoms with Gasteiger partial charge in [-0.05, 0) is 62.2 Å². The van der Waals surface area contributed by atoms with E-state index < -0.39 is 12.0 Å². The minimum Gasteiger partial charge on any atom is -0.490 e. The molecule has 5 rings (SSSR count). The Labute approximate surface area is 256 Å². The van der Waals surface area contributed by atoms with Gasteiger partial charge in [-0.3, -0.25) is 9.36 Å². The van der Waals surface area contributed by atoms with Crippen LogP contribution < -0.4 is 24.4 Å². The van der Waals surface area contributed by atoms with Crippen LogP contribution in [0.3, 0.4) is 0 Å². The Hall–Kier alpha value is -3.85. The van der Waals surface area contributed by atoms with Crippen LogP contribution in [0.5, 0.6) is 11.5 Å². The smallest absolute Gasteiger partial charge is 0.338 e. The number of ether oxygens (including phenoxy) is 3. The zero-order chi connectivity index (χ0) is 29.8. The Bertz CT molecular complexity index is 1860. The normalized spacial score (nSPS) is 14.8. The number of carbonyl (C=O) groups excluding carboxylic acids is 1. The summed E-state index contributed by atoms with van der Waals surface area (Å²) < 4.78 is 19.2. The number of thiazole rings is 1. The summed E-state index contributed by atoms with van der Waals surface area (Å²) in [6, 6.07) is 19.3. The van der Waals surface area contributed by atoms with Gasteiger partial charge in [-0.15, -0.1) is 0 Å². The average Bonchev–Trinajstić information content (AvgIpc) is 3.27. The highest BCUT2D eigenvalue weighted by Gasteiger charge is 2.34. The number of hydrogen-bond acceptors (Lipinski definition) is 7. The molecule has 1 unspecified atom stereocenters. The van der Waals surface area contributed by atoms with Gasteiger partial charge >= 0.3 is 5.97 Å². The van der Waals surface area contributed by atoms with Crippen LogP contribution in [-0.2, 0) is 16.1 Å². The summed E-state index contributed by atoms with van der Waals surface area (Å²) in [5, 5.41) is 1.06. The van der Waals surface area contributed by atoms with Gasteiger partial charge in [-0.2, -0.15) is 0 Å². The van der Waals surface area contributed by atoms with Crippen molar-refractivity contribution in [3.8, 4) is 11.5 Å². The van der Waals surface area contributed by atoms with Gasteiger partial charge < -0.3 is 14.2 Å². The van der Waals surface area contributed by atoms with E-state index in [1.807, 2.05) is 49.4 Å². The summed E-state index contributed by atoms with van der Waals surface area (Å²) >= 11 is 14.1. The van der Waals surface area contributed by atoms with Crippen LogP contribution >= 0.6 is 34.5 Å². The molecule has 42 heavy (non-hydrogen) atoms. The molecule has 7 nitrogen and oxygen atoms in total. The Balaban J connectivity index is 1.57. The topological polar surface area (TPSA) is 79.1 Å². The van der Waals surface area contributed by atoms with Gasteiger partial charge in [0.2, 0.25) is 0 Å². The second-order valence-electron chi connectivity index (χ2n) is 9.34. The Morgan fingerprint density at radius 1 is 0.976 bits per heavy atom. The molecule has 0 amide bonds. The number of esters is 1. The molecule has 0 saturated carbocycles. The third-order valence-corrected chi connectivity index (χ3v) is 8.32. The van der Waals surface area contributed by atoms with Crippen molar-refractivity contribution in [1.29, 1.82) is 0 Å². The third kappa shape index (κ3) is 6.02. The lowest BCUT2D eigenvalue weighted by Crippen LogP contribution is -2.40. The Morgan fingerprint density at radius 3 is 2.43 bits per heavy atom. The van der Waals surface area contributed by atoms with Crippen molar-refractivity contribution in [2.45, 2.75) is 33.4 Å². The molecule has 0 bridgehead atoms. The number of nitrogens with zero attached hydrogens (tertiary/aromatic N) is 2. The van der Waals surface area contributed by atoms with Gasteiger partial charge in [0, 0.05) is 15.6 Å². The van der Waals surface area contributed by atoms with Gasteiger partial charge in [0.1, 0.15) is 12.6 Å². The zero-order valence-electron chi connectivity index (χ0n) is 23.2. The molecule has 10 heteroatoms. The quantitative estimate of drug-likeness (QED) is 0.211. The third-order valence-electron chi connectivity index (χ3n) is 6.62. The molecule has 1 aliphatic heterocycles. The Kier molecular flexibility index (Phi) is 9.16. The highest BCUT2D eigenvalue weighted by atomic mass is 35.5. The molecule has 3 aromatic carbocycles. The van der Waals surface area contributed by atoms with Gasteiger partial charge in [0.05, 0.1) is 29.0 Å². The second kappa shape index (κ2) is 13.0. The van der Waals surface area contributed by atoms with Crippen LogP contribution in [0.4, 0.5) is 0 Å². The maximum Gasteiger partial charge on any atom is 0.338 e. The minimum absolute atomic E-state index is 0.190. The molecule has 2 heterocycles. The summed E-state index contributed by atoms with van der Waals surface area (Å²) in [6.45, 7) is 6.26. The van der Waals surface area contributed by atoms with E-state index in [1.165, 1.54) is 15.9 Å². The lowest BCUT2D eigenvalue weighted by atomic mass is 9.96. The zero-order valence-corrected chi connectivity index (χ0v) is 25.6. The fourth-order valence-electron chi connectivity index (χ4n) is 4.71. The number of aromatic nitrogens is 1. The lowest BCUT2D eigenvalue weighted by Gasteiger charge is -2.25. The molecule has 216 valence electrons. The number of hydrogen-bond donors (Lipinski definition) is 0. The average molecular weight is 624 g/mol. The molecule has 1 atom stereocenters. The van der Waals surface area contributed by atoms with E-state index in [2.05, 4.69) is 4.99 Å². The van der Waals surface area contributed by atoms with Crippen LogP contribution in [0.25, 0.3) is 6.08 Å². The van der Waals surface area contributed by atoms with Gasteiger partial charge in [-0.1, -0.05) is 77.0 Å². The van der Waals surface area contributed by atoms with E-state index in [9.17, 15) is 9.59 Å². The highest BCUT2D eigenvalue weighted by molar-refractivity contribution is 7.07. The van der Waals surface area contributed by atoms with E-state index in [0.29, 0.717) is 48.7 Å². The maximum atomic E-state index is 13.9. The summed E-state index contributed by atoms with van der Waals surface area (Å²) in [5.74, 6) is 0.566. The summed E-state index contributed by atoms with van der Waals surface area (Å²) in [4.78, 5) is 32.1. The molecule has 4 aromatic rings. The number of rotatable bonds is 9. The standard InChI is InChI=1S/C32H28Cl2N2O5S/c1-4-39-26-16-20(14-15-25(26)41-18-21-10-6-8-12-23(21)33)17-27-30(37)36-29(22-11-7-9-13-24(22)34)28(31(38)40-5-2)19(3)35-32(36)42-27/h6-17,29H,4-5,18H2,1-3H3. The number of fused-ring (bicyclic) bond motifs is 1. The van der Waals surface area contributed by atoms with Crippen LogP contribution in [0.1, 0.15) is 43.5 Å². The summed E-state index contributed by atoms with van der Waals surface area (Å²) in [6.07, 6.45) is 1.78.